The quantitative estimate of drug-likeness (QED) is 0.273. The van der Waals surface area contributed by atoms with E-state index in [0.29, 0.717) is 30.1 Å². The standard InChI is InChI=1S/C34H41NO4/c1-15-11-16(2)24-22(12-15)25-19(5)28-18(4)17(3)14-34(28,6)29-27(25)31(24)39-21-9-7-20(8-10-21)13-23-26(30(29)36)33(38)35-32(23)37/h7-10,14-16,18,22-27,29,31H,11-13H2,1-6H3,(H,35,37,38)/t15-,16+,18-,22-,23+,24-,25-,26-,27+,29-,31-,34-/m0/s1. The van der Waals surface area contributed by atoms with Crippen molar-refractivity contribution >= 4 is 17.6 Å². The molecule has 0 spiro atoms. The van der Waals surface area contributed by atoms with Crippen LogP contribution in [0.2, 0.25) is 0 Å². The molecule has 3 fully saturated rings. The predicted molar refractivity (Wildman–Crippen MR) is 148 cm³/mol. The third-order valence-electron chi connectivity index (χ3n) is 11.9. The number of benzene rings is 1. The van der Waals surface area contributed by atoms with Crippen LogP contribution in [0.15, 0.2) is 47.1 Å². The van der Waals surface area contributed by atoms with Crippen molar-refractivity contribution in [2.24, 2.45) is 64.6 Å². The van der Waals surface area contributed by atoms with Gasteiger partial charge in [0.2, 0.25) is 11.8 Å². The lowest BCUT2D eigenvalue weighted by Crippen LogP contribution is -2.52. The maximum Gasteiger partial charge on any atom is 0.237 e. The SMILES string of the molecule is CC1=C[C@@]2(C)C(=C(C)[C@H]3[C@H]4C[C@@H](C)C[C@@H](C)[C@@H]4[C@@H]4Oc5ccc(cc5)C[C@H]5C(=O)NC(=O)[C@@H]5C(=O)[C@@H]2[C@H]43)[C@H]1C. The van der Waals surface area contributed by atoms with Gasteiger partial charge in [0.25, 0.3) is 0 Å². The van der Waals surface area contributed by atoms with Crippen molar-refractivity contribution in [2.75, 3.05) is 0 Å². The maximum atomic E-state index is 15.0. The lowest BCUT2D eigenvalue weighted by Gasteiger charge is -2.49. The van der Waals surface area contributed by atoms with Crippen LogP contribution < -0.4 is 10.1 Å². The smallest absolute Gasteiger partial charge is 0.237 e. The first-order valence-electron chi connectivity index (χ1n) is 15.1. The summed E-state index contributed by atoms with van der Waals surface area (Å²) < 4.78 is 7.02. The first-order valence-corrected chi connectivity index (χ1v) is 15.1. The number of ketones is 1. The van der Waals surface area contributed by atoms with Gasteiger partial charge in [-0.05, 0) is 80.4 Å². The van der Waals surface area contributed by atoms with Crippen LogP contribution >= 0.6 is 0 Å². The van der Waals surface area contributed by atoms with E-state index in [9.17, 15) is 9.59 Å². The summed E-state index contributed by atoms with van der Waals surface area (Å²) in [5.74, 6) is 0.416. The zero-order chi connectivity index (χ0) is 27.5. The molecule has 0 unspecified atom stereocenters. The molecule has 2 saturated carbocycles. The van der Waals surface area contributed by atoms with Crippen molar-refractivity contribution in [3.05, 3.63) is 52.6 Å². The third kappa shape index (κ3) is 3.34. The van der Waals surface area contributed by atoms with Crippen molar-refractivity contribution < 1.29 is 19.1 Å². The Morgan fingerprint density at radius 1 is 0.949 bits per heavy atom. The summed E-state index contributed by atoms with van der Waals surface area (Å²) in [6, 6.07) is 8.05. The van der Waals surface area contributed by atoms with Crippen LogP contribution in [0.1, 0.15) is 59.9 Å². The number of fused-ring (bicyclic) bond motifs is 5. The van der Waals surface area contributed by atoms with Gasteiger partial charge in [-0.3, -0.25) is 19.7 Å². The number of hydrogen-bond donors (Lipinski definition) is 1. The van der Waals surface area contributed by atoms with Crippen LogP contribution in [0.4, 0.5) is 0 Å². The number of allylic oxidation sites excluding steroid dienone is 4. The predicted octanol–water partition coefficient (Wildman–Crippen LogP) is 5.54. The zero-order valence-corrected chi connectivity index (χ0v) is 24.0. The Balaban J connectivity index is 1.49. The molecule has 4 aliphatic carbocycles. The van der Waals surface area contributed by atoms with E-state index in [4.69, 9.17) is 4.74 Å². The summed E-state index contributed by atoms with van der Waals surface area (Å²) in [7, 11) is 0. The van der Waals surface area contributed by atoms with Gasteiger partial charge in [-0.1, -0.05) is 62.6 Å². The molecule has 5 nitrogen and oxygen atoms in total. The minimum atomic E-state index is -0.956. The summed E-state index contributed by atoms with van der Waals surface area (Å²) >= 11 is 0. The number of nitrogens with one attached hydrogen (secondary N) is 1. The molecule has 206 valence electrons. The fourth-order valence-corrected chi connectivity index (χ4v) is 10.7. The Morgan fingerprint density at radius 2 is 1.67 bits per heavy atom. The van der Waals surface area contributed by atoms with E-state index in [1.54, 1.807) is 0 Å². The second kappa shape index (κ2) is 8.41. The van der Waals surface area contributed by atoms with Gasteiger partial charge in [0.1, 0.15) is 17.8 Å². The fourth-order valence-electron chi connectivity index (χ4n) is 10.7. The zero-order valence-electron chi connectivity index (χ0n) is 24.0. The summed E-state index contributed by atoms with van der Waals surface area (Å²) in [5, 5.41) is 2.55. The Bertz CT molecular complexity index is 1340. The summed E-state index contributed by atoms with van der Waals surface area (Å²) in [6.07, 6.45) is 4.90. The molecule has 1 saturated heterocycles. The van der Waals surface area contributed by atoms with Gasteiger partial charge >= 0.3 is 0 Å². The highest BCUT2D eigenvalue weighted by atomic mass is 16.5. The number of ether oxygens (including phenoxy) is 1. The Kier molecular flexibility index (Phi) is 5.45. The number of imide groups is 1. The Hall–Kier alpha value is -2.69. The normalized spacial score (nSPS) is 46.4. The first kappa shape index (κ1) is 25.3. The molecule has 5 heteroatoms. The molecular weight excluding hydrogens is 486 g/mol. The Morgan fingerprint density at radius 3 is 2.38 bits per heavy atom. The van der Waals surface area contributed by atoms with Gasteiger partial charge in [0.05, 0.1) is 5.92 Å². The van der Waals surface area contributed by atoms with Crippen molar-refractivity contribution in [1.82, 2.24) is 5.32 Å². The monoisotopic (exact) mass is 527 g/mol. The number of rotatable bonds is 0. The number of Topliss-reactive ketones (excluding diaryl/α,β-unsaturated/α-hetero) is 1. The largest absolute Gasteiger partial charge is 0.490 e. The highest BCUT2D eigenvalue weighted by molar-refractivity contribution is 6.16. The van der Waals surface area contributed by atoms with Gasteiger partial charge in [0.15, 0.2) is 5.78 Å². The van der Waals surface area contributed by atoms with Gasteiger partial charge in [-0.25, -0.2) is 0 Å². The molecule has 39 heavy (non-hydrogen) atoms. The molecule has 12 atom stereocenters. The summed E-state index contributed by atoms with van der Waals surface area (Å²) in [6.45, 7) is 13.8. The van der Waals surface area contributed by atoms with Gasteiger partial charge < -0.3 is 4.74 Å². The van der Waals surface area contributed by atoms with E-state index < -0.39 is 29.1 Å². The van der Waals surface area contributed by atoms with Crippen LogP contribution in [0.3, 0.4) is 0 Å². The van der Waals surface area contributed by atoms with E-state index in [-0.39, 0.29) is 35.5 Å². The van der Waals surface area contributed by atoms with Crippen LogP contribution in [0, 0.1) is 64.6 Å². The molecule has 1 aromatic rings. The average molecular weight is 528 g/mol. The molecule has 2 amide bonds. The van der Waals surface area contributed by atoms with E-state index in [2.05, 4.69) is 52.9 Å². The number of carbonyl (C=O) groups excluding carboxylic acids is 3. The van der Waals surface area contributed by atoms with Crippen molar-refractivity contribution in [3.63, 3.8) is 0 Å². The lowest BCUT2D eigenvalue weighted by atomic mass is 9.53. The van der Waals surface area contributed by atoms with E-state index in [1.165, 1.54) is 23.1 Å². The molecule has 3 heterocycles. The minimum Gasteiger partial charge on any atom is -0.490 e. The average Bonchev–Trinajstić information content (AvgIpc) is 3.40. The highest BCUT2D eigenvalue weighted by Crippen LogP contribution is 2.67. The molecule has 3 aliphatic heterocycles. The minimum absolute atomic E-state index is 0.0356. The molecule has 2 bridgehead atoms. The van der Waals surface area contributed by atoms with Crippen molar-refractivity contribution in [3.8, 4) is 5.75 Å². The topological polar surface area (TPSA) is 72.5 Å². The van der Waals surface area contributed by atoms with E-state index >= 15 is 4.79 Å². The molecule has 1 aromatic carbocycles. The molecule has 7 aliphatic rings. The van der Waals surface area contributed by atoms with Crippen LogP contribution in [-0.2, 0) is 20.8 Å². The van der Waals surface area contributed by atoms with Gasteiger partial charge in [0, 0.05) is 23.2 Å². The Labute approximate surface area is 231 Å². The molecule has 8 rings (SSSR count). The summed E-state index contributed by atoms with van der Waals surface area (Å²) in [4.78, 5) is 41.5. The van der Waals surface area contributed by atoms with Crippen molar-refractivity contribution in [2.45, 2.75) is 66.9 Å². The van der Waals surface area contributed by atoms with E-state index in [1.807, 2.05) is 24.3 Å². The third-order valence-corrected chi connectivity index (χ3v) is 11.9. The lowest BCUT2D eigenvalue weighted by molar-refractivity contribution is -0.141. The molecular formula is C34H41NO4. The molecule has 0 radical (unpaired) electrons. The van der Waals surface area contributed by atoms with Crippen LogP contribution in [0.25, 0.3) is 0 Å². The maximum absolute atomic E-state index is 15.0. The van der Waals surface area contributed by atoms with E-state index in [0.717, 1.165) is 17.7 Å². The fraction of sp³-hybridized carbons (Fsp3) is 0.618. The van der Waals surface area contributed by atoms with Gasteiger partial charge in [-0.15, -0.1) is 0 Å². The number of amides is 2. The number of hydrogen-bond acceptors (Lipinski definition) is 4. The molecule has 0 aromatic heterocycles. The highest BCUT2D eigenvalue weighted by Gasteiger charge is 2.67. The van der Waals surface area contributed by atoms with Crippen LogP contribution in [0.5, 0.6) is 5.75 Å². The summed E-state index contributed by atoms with van der Waals surface area (Å²) in [5.41, 5.74) is 4.58. The van der Waals surface area contributed by atoms with Gasteiger partial charge in [-0.2, -0.15) is 0 Å². The second-order valence-corrected chi connectivity index (χ2v) is 14.1. The number of carbonyl (C=O) groups is 3. The molecule has 1 N–H and O–H groups in total. The van der Waals surface area contributed by atoms with Crippen molar-refractivity contribution in [1.29, 1.82) is 0 Å². The first-order chi connectivity index (χ1) is 18.5. The second-order valence-electron chi connectivity index (χ2n) is 14.1. The van der Waals surface area contributed by atoms with Crippen LogP contribution in [-0.4, -0.2) is 23.7 Å².